The lowest BCUT2D eigenvalue weighted by molar-refractivity contribution is -0.122. The third-order valence-corrected chi connectivity index (χ3v) is 6.21. The third kappa shape index (κ3) is 5.45. The van der Waals surface area contributed by atoms with Gasteiger partial charge < -0.3 is 24.1 Å². The summed E-state index contributed by atoms with van der Waals surface area (Å²) < 4.78 is 16.6. The number of aryl methyl sites for hydroxylation is 1. The van der Waals surface area contributed by atoms with Crippen LogP contribution in [0.2, 0.25) is 0 Å². The highest BCUT2D eigenvalue weighted by Gasteiger charge is 2.35. The van der Waals surface area contributed by atoms with Gasteiger partial charge in [0.15, 0.2) is 6.61 Å². The lowest BCUT2D eigenvalue weighted by Gasteiger charge is -2.17. The van der Waals surface area contributed by atoms with Crippen molar-refractivity contribution < 1.29 is 23.5 Å². The van der Waals surface area contributed by atoms with Gasteiger partial charge in [-0.25, -0.2) is 0 Å². The monoisotopic (exact) mass is 498 g/mol. The smallest absolute Gasteiger partial charge is 0.254 e. The number of hydrogen-bond donors (Lipinski definition) is 1. The molecule has 1 aliphatic rings. The first-order valence-electron chi connectivity index (χ1n) is 11.9. The summed E-state index contributed by atoms with van der Waals surface area (Å²) in [6.45, 7) is 2.43. The van der Waals surface area contributed by atoms with Crippen molar-refractivity contribution in [3.05, 3.63) is 84.3 Å². The van der Waals surface area contributed by atoms with E-state index in [1.165, 1.54) is 0 Å². The van der Waals surface area contributed by atoms with Crippen LogP contribution >= 0.6 is 0 Å². The van der Waals surface area contributed by atoms with Crippen LogP contribution in [0.5, 0.6) is 11.5 Å². The molecule has 2 amide bonds. The zero-order valence-electron chi connectivity index (χ0n) is 20.5. The zero-order chi connectivity index (χ0) is 25.8. The maximum atomic E-state index is 12.8. The molecule has 3 aromatic carbocycles. The van der Waals surface area contributed by atoms with E-state index >= 15 is 0 Å². The normalized spacial score (nSPS) is 15.0. The Labute approximate surface area is 214 Å². The molecule has 5 rings (SSSR count). The molecule has 9 heteroatoms. The summed E-state index contributed by atoms with van der Waals surface area (Å²) in [5, 5.41) is 11.0. The molecule has 1 fully saturated rings. The molecule has 9 nitrogen and oxygen atoms in total. The molecule has 1 aromatic heterocycles. The van der Waals surface area contributed by atoms with Gasteiger partial charge in [-0.3, -0.25) is 9.59 Å². The van der Waals surface area contributed by atoms with E-state index in [-0.39, 0.29) is 24.8 Å². The van der Waals surface area contributed by atoms with Gasteiger partial charge in [0, 0.05) is 29.9 Å². The standard InChI is InChI=1S/C28H26N4O5/c1-18-5-3-4-6-24(18)28-31-30-25(37-28)17-36-23-11-7-20(8-12-23)29-27(34)19-15-26(33)32(16-19)21-9-13-22(35-2)14-10-21/h3-14,19H,15-17H2,1-2H3,(H,29,34)/t19-/m1/s1. The summed E-state index contributed by atoms with van der Waals surface area (Å²) in [6.07, 6.45) is 0.160. The Balaban J connectivity index is 1.14. The third-order valence-electron chi connectivity index (χ3n) is 6.21. The van der Waals surface area contributed by atoms with E-state index in [1.807, 2.05) is 43.3 Å². The van der Waals surface area contributed by atoms with Gasteiger partial charge in [-0.1, -0.05) is 18.2 Å². The number of ether oxygens (including phenoxy) is 2. The number of aromatic nitrogens is 2. The SMILES string of the molecule is COc1ccc(N2C[C@H](C(=O)Nc3ccc(OCc4nnc(-c5ccccc5C)o4)cc3)CC2=O)cc1. The van der Waals surface area contributed by atoms with E-state index in [1.54, 1.807) is 48.4 Å². The zero-order valence-corrected chi connectivity index (χ0v) is 20.5. The van der Waals surface area contributed by atoms with Crippen molar-refractivity contribution in [1.29, 1.82) is 0 Å². The summed E-state index contributed by atoms with van der Waals surface area (Å²) in [4.78, 5) is 26.9. The number of carbonyl (C=O) groups excluding carboxylic acids is 2. The van der Waals surface area contributed by atoms with Crippen LogP contribution in [0.3, 0.4) is 0 Å². The maximum Gasteiger partial charge on any atom is 0.254 e. The Kier molecular flexibility index (Phi) is 6.85. The lowest BCUT2D eigenvalue weighted by atomic mass is 10.1. The van der Waals surface area contributed by atoms with Gasteiger partial charge in [0.1, 0.15) is 11.5 Å². The highest BCUT2D eigenvalue weighted by molar-refractivity contribution is 6.03. The molecule has 0 radical (unpaired) electrons. The molecule has 188 valence electrons. The quantitative estimate of drug-likeness (QED) is 0.378. The Morgan fingerprint density at radius 2 is 1.76 bits per heavy atom. The number of anilines is 2. The fourth-order valence-corrected chi connectivity index (χ4v) is 4.15. The van der Waals surface area contributed by atoms with Crippen LogP contribution in [-0.2, 0) is 16.2 Å². The summed E-state index contributed by atoms with van der Waals surface area (Å²) >= 11 is 0. The molecule has 37 heavy (non-hydrogen) atoms. The highest BCUT2D eigenvalue weighted by atomic mass is 16.5. The van der Waals surface area contributed by atoms with Crippen LogP contribution in [0.15, 0.2) is 77.2 Å². The van der Waals surface area contributed by atoms with E-state index in [2.05, 4.69) is 15.5 Å². The second kappa shape index (κ2) is 10.5. The van der Waals surface area contributed by atoms with Crippen molar-refractivity contribution in [1.82, 2.24) is 10.2 Å². The van der Waals surface area contributed by atoms with Gasteiger partial charge >= 0.3 is 0 Å². The first-order valence-corrected chi connectivity index (χ1v) is 11.9. The molecule has 0 saturated carbocycles. The van der Waals surface area contributed by atoms with E-state index in [4.69, 9.17) is 13.9 Å². The summed E-state index contributed by atoms with van der Waals surface area (Å²) in [6, 6.07) is 22.0. The molecule has 0 unspecified atom stereocenters. The summed E-state index contributed by atoms with van der Waals surface area (Å²) in [5.41, 5.74) is 3.30. The number of nitrogens with one attached hydrogen (secondary N) is 1. The van der Waals surface area contributed by atoms with Crippen molar-refractivity contribution in [3.63, 3.8) is 0 Å². The number of nitrogens with zero attached hydrogens (tertiary/aromatic N) is 3. The molecular formula is C28H26N4O5. The Hall–Kier alpha value is -4.66. The minimum absolute atomic E-state index is 0.0827. The average molecular weight is 499 g/mol. The lowest BCUT2D eigenvalue weighted by Crippen LogP contribution is -2.28. The van der Waals surface area contributed by atoms with Crippen LogP contribution in [-0.4, -0.2) is 35.7 Å². The number of rotatable bonds is 8. The fourth-order valence-electron chi connectivity index (χ4n) is 4.15. The molecule has 1 saturated heterocycles. The van der Waals surface area contributed by atoms with E-state index in [0.29, 0.717) is 35.5 Å². The molecule has 1 atom stereocenters. The van der Waals surface area contributed by atoms with Crippen LogP contribution in [0, 0.1) is 12.8 Å². The molecule has 1 N–H and O–H groups in total. The maximum absolute atomic E-state index is 12.8. The predicted octanol–water partition coefficient (Wildman–Crippen LogP) is 4.62. The van der Waals surface area contributed by atoms with Crippen LogP contribution in [0.1, 0.15) is 17.9 Å². The van der Waals surface area contributed by atoms with Gasteiger partial charge in [-0.05, 0) is 67.1 Å². The molecule has 1 aliphatic heterocycles. The Morgan fingerprint density at radius 3 is 2.49 bits per heavy atom. The summed E-state index contributed by atoms with van der Waals surface area (Å²) in [5.74, 6) is 1.39. The largest absolute Gasteiger partial charge is 0.497 e. The van der Waals surface area contributed by atoms with Gasteiger partial charge in [-0.15, -0.1) is 10.2 Å². The molecule has 0 spiro atoms. The number of carbonyl (C=O) groups is 2. The van der Waals surface area contributed by atoms with E-state index in [0.717, 1.165) is 16.8 Å². The molecule has 4 aromatic rings. The molecule has 2 heterocycles. The van der Waals surface area contributed by atoms with Crippen molar-refractivity contribution in [3.8, 4) is 23.0 Å². The number of benzene rings is 3. The molecule has 0 aliphatic carbocycles. The second-order valence-corrected chi connectivity index (χ2v) is 8.72. The van der Waals surface area contributed by atoms with Gasteiger partial charge in [0.2, 0.25) is 17.7 Å². The molecule has 0 bridgehead atoms. The van der Waals surface area contributed by atoms with Crippen molar-refractivity contribution >= 4 is 23.2 Å². The van der Waals surface area contributed by atoms with Crippen LogP contribution in [0.25, 0.3) is 11.5 Å². The topological polar surface area (TPSA) is 107 Å². The Bertz CT molecular complexity index is 1400. The van der Waals surface area contributed by atoms with Crippen LogP contribution < -0.4 is 19.7 Å². The summed E-state index contributed by atoms with van der Waals surface area (Å²) in [7, 11) is 1.59. The minimum Gasteiger partial charge on any atom is -0.497 e. The van der Waals surface area contributed by atoms with Crippen molar-refractivity contribution in [2.24, 2.45) is 5.92 Å². The number of methoxy groups -OCH3 is 1. The van der Waals surface area contributed by atoms with Crippen molar-refractivity contribution in [2.75, 3.05) is 23.9 Å². The highest BCUT2D eigenvalue weighted by Crippen LogP contribution is 2.28. The van der Waals surface area contributed by atoms with Crippen molar-refractivity contribution in [2.45, 2.75) is 20.0 Å². The second-order valence-electron chi connectivity index (χ2n) is 8.72. The average Bonchev–Trinajstić information content (AvgIpc) is 3.55. The first-order chi connectivity index (χ1) is 18.0. The number of amides is 2. The first kappa shape index (κ1) is 24.1. The predicted molar refractivity (Wildman–Crippen MR) is 137 cm³/mol. The van der Waals surface area contributed by atoms with Gasteiger partial charge in [0.25, 0.3) is 5.89 Å². The fraction of sp³-hybridized carbons (Fsp3) is 0.214. The van der Waals surface area contributed by atoms with Gasteiger partial charge in [-0.2, -0.15) is 0 Å². The molecular weight excluding hydrogens is 472 g/mol. The van der Waals surface area contributed by atoms with E-state index < -0.39 is 5.92 Å². The minimum atomic E-state index is -0.439. The number of hydrogen-bond acceptors (Lipinski definition) is 7. The van der Waals surface area contributed by atoms with Crippen LogP contribution in [0.4, 0.5) is 11.4 Å². The van der Waals surface area contributed by atoms with E-state index in [9.17, 15) is 9.59 Å². The van der Waals surface area contributed by atoms with Gasteiger partial charge in [0.05, 0.1) is 13.0 Å². The Morgan fingerprint density at radius 1 is 1.03 bits per heavy atom.